The van der Waals surface area contributed by atoms with Gasteiger partial charge in [-0.3, -0.25) is 4.79 Å². The van der Waals surface area contributed by atoms with Crippen LogP contribution >= 0.6 is 0 Å². The molecule has 3 aliphatic rings. The van der Waals surface area contributed by atoms with Crippen molar-refractivity contribution in [1.29, 1.82) is 0 Å². The predicted octanol–water partition coefficient (Wildman–Crippen LogP) is 3.51. The van der Waals surface area contributed by atoms with E-state index in [1.54, 1.807) is 13.3 Å². The first-order valence-corrected chi connectivity index (χ1v) is 9.29. The molecule has 2 aromatic carbocycles. The number of amides is 1. The quantitative estimate of drug-likeness (QED) is 0.665. The number of carbonyl (C=O) groups excluding carboxylic acids is 1. The first-order chi connectivity index (χ1) is 12.8. The molecule has 0 aliphatic heterocycles. The highest BCUT2D eigenvalue weighted by atomic mass is 16.5. The number of ether oxygens (including phenoxy) is 1. The van der Waals surface area contributed by atoms with Crippen LogP contribution in [0.4, 0.5) is 0 Å². The molecule has 0 bridgehead atoms. The number of nitrogens with zero attached hydrogens (tertiary/aromatic N) is 1. The Labute approximate surface area is 153 Å². The summed E-state index contributed by atoms with van der Waals surface area (Å²) in [5.74, 6) is 1.89. The van der Waals surface area contributed by atoms with Gasteiger partial charge >= 0.3 is 0 Å². The number of rotatable bonds is 5. The Hall–Kier alpha value is -2.62. The molecule has 1 N–H and O–H groups in total. The maximum absolute atomic E-state index is 13.0. The minimum Gasteiger partial charge on any atom is -0.497 e. The summed E-state index contributed by atoms with van der Waals surface area (Å²) in [7, 11) is 1.64. The van der Waals surface area contributed by atoms with Crippen molar-refractivity contribution in [3.05, 3.63) is 65.7 Å². The van der Waals surface area contributed by atoms with Gasteiger partial charge in [-0.15, -0.1) is 0 Å². The average Bonchev–Trinajstić information content (AvgIpc) is 3.56. The molecule has 2 aromatic rings. The second-order valence-corrected chi connectivity index (χ2v) is 7.61. The predicted molar refractivity (Wildman–Crippen MR) is 100 cm³/mol. The van der Waals surface area contributed by atoms with Crippen LogP contribution in [0.3, 0.4) is 0 Å². The normalized spacial score (nSPS) is 33.4. The van der Waals surface area contributed by atoms with Gasteiger partial charge in [0.2, 0.25) is 5.91 Å². The summed E-state index contributed by atoms with van der Waals surface area (Å²) in [6.45, 7) is 0. The molecule has 3 saturated carbocycles. The van der Waals surface area contributed by atoms with Crippen LogP contribution in [0.2, 0.25) is 0 Å². The van der Waals surface area contributed by atoms with Gasteiger partial charge in [-0.05, 0) is 60.1 Å². The van der Waals surface area contributed by atoms with Gasteiger partial charge in [0.25, 0.3) is 0 Å². The molecule has 0 aromatic heterocycles. The summed E-state index contributed by atoms with van der Waals surface area (Å²) in [4.78, 5) is 13.0. The van der Waals surface area contributed by atoms with Gasteiger partial charge in [-0.25, -0.2) is 5.43 Å². The van der Waals surface area contributed by atoms with Crippen LogP contribution in [-0.2, 0) is 10.2 Å². The summed E-state index contributed by atoms with van der Waals surface area (Å²) in [5.41, 5.74) is 4.98. The van der Waals surface area contributed by atoms with Crippen LogP contribution in [0.25, 0.3) is 0 Å². The van der Waals surface area contributed by atoms with Gasteiger partial charge in [0, 0.05) is 5.41 Å². The molecule has 3 aliphatic carbocycles. The number of carbonyl (C=O) groups is 1. The van der Waals surface area contributed by atoms with Crippen molar-refractivity contribution in [2.45, 2.75) is 24.7 Å². The van der Waals surface area contributed by atoms with E-state index in [0.717, 1.165) is 24.2 Å². The standard InChI is InChI=1S/C22H22N2O2/c1-26-17-12-10-15(11-13-17)14-23-24-20(25)22-18-8-5-9-19(22)21(18,22)16-6-3-2-4-7-16/h2-4,6-7,10-14,18-19H,5,8-9H2,1H3,(H,24,25)/b23-14+/t18-,19+,21?,22?. The van der Waals surface area contributed by atoms with Crippen LogP contribution < -0.4 is 10.2 Å². The molecule has 2 unspecified atom stereocenters. The van der Waals surface area contributed by atoms with Crippen LogP contribution in [0.1, 0.15) is 30.4 Å². The number of hydrogen-bond donors (Lipinski definition) is 1. The smallest absolute Gasteiger partial charge is 0.247 e. The van der Waals surface area contributed by atoms with E-state index in [1.807, 2.05) is 30.3 Å². The molecule has 4 heteroatoms. The molecule has 1 amide bonds. The molecular formula is C22H22N2O2. The minimum atomic E-state index is -0.205. The molecule has 3 fully saturated rings. The van der Waals surface area contributed by atoms with Crippen LogP contribution in [-0.4, -0.2) is 19.2 Å². The van der Waals surface area contributed by atoms with Crippen molar-refractivity contribution in [2.75, 3.05) is 7.11 Å². The highest BCUT2D eigenvalue weighted by molar-refractivity contribution is 5.97. The fourth-order valence-corrected chi connectivity index (χ4v) is 5.84. The number of hydrazone groups is 1. The maximum atomic E-state index is 13.0. The number of hydrogen-bond acceptors (Lipinski definition) is 3. The highest BCUT2D eigenvalue weighted by Crippen LogP contribution is 2.97. The number of fused-ring (bicyclic) bond motifs is 2. The van der Waals surface area contributed by atoms with Crippen LogP contribution in [0.15, 0.2) is 59.7 Å². The van der Waals surface area contributed by atoms with Crippen molar-refractivity contribution in [1.82, 2.24) is 5.43 Å². The lowest BCUT2D eigenvalue weighted by Crippen LogP contribution is -2.31. The molecule has 132 valence electrons. The van der Waals surface area contributed by atoms with E-state index in [0.29, 0.717) is 11.8 Å². The van der Waals surface area contributed by atoms with Crippen LogP contribution in [0, 0.1) is 17.3 Å². The van der Waals surface area contributed by atoms with Gasteiger partial charge < -0.3 is 4.74 Å². The fraction of sp³-hybridized carbons (Fsp3) is 0.364. The van der Waals surface area contributed by atoms with Crippen molar-refractivity contribution in [2.24, 2.45) is 22.4 Å². The summed E-state index contributed by atoms with van der Waals surface area (Å²) < 4.78 is 5.15. The lowest BCUT2D eigenvalue weighted by Gasteiger charge is -2.27. The van der Waals surface area contributed by atoms with Gasteiger partial charge in [0.05, 0.1) is 18.7 Å². The zero-order chi connectivity index (χ0) is 17.8. The maximum Gasteiger partial charge on any atom is 0.247 e. The zero-order valence-electron chi connectivity index (χ0n) is 14.8. The van der Waals surface area contributed by atoms with E-state index >= 15 is 0 Å². The lowest BCUT2D eigenvalue weighted by atomic mass is 9.77. The molecule has 0 saturated heterocycles. The van der Waals surface area contributed by atoms with Gasteiger partial charge in [0.1, 0.15) is 5.75 Å². The van der Waals surface area contributed by atoms with Crippen molar-refractivity contribution >= 4 is 12.1 Å². The molecular weight excluding hydrogens is 324 g/mol. The summed E-state index contributed by atoms with van der Waals surface area (Å²) >= 11 is 0. The zero-order valence-corrected chi connectivity index (χ0v) is 14.8. The molecule has 0 spiro atoms. The number of benzene rings is 2. The third kappa shape index (κ3) is 1.79. The summed E-state index contributed by atoms with van der Waals surface area (Å²) in [6, 6.07) is 18.2. The molecule has 5 rings (SSSR count). The third-order valence-corrected chi connectivity index (χ3v) is 6.82. The second kappa shape index (κ2) is 5.44. The van der Waals surface area contributed by atoms with Crippen molar-refractivity contribution < 1.29 is 9.53 Å². The van der Waals surface area contributed by atoms with Gasteiger partial charge in [-0.1, -0.05) is 36.8 Å². The second-order valence-electron chi connectivity index (χ2n) is 7.61. The molecule has 4 nitrogen and oxygen atoms in total. The van der Waals surface area contributed by atoms with Crippen LogP contribution in [0.5, 0.6) is 5.75 Å². The van der Waals surface area contributed by atoms with E-state index in [4.69, 9.17) is 4.74 Å². The molecule has 4 atom stereocenters. The Kier molecular flexibility index (Phi) is 3.27. The Morgan fingerprint density at radius 3 is 2.46 bits per heavy atom. The van der Waals surface area contributed by atoms with Gasteiger partial charge in [-0.2, -0.15) is 5.10 Å². The largest absolute Gasteiger partial charge is 0.497 e. The number of nitrogens with one attached hydrogen (secondary N) is 1. The molecule has 0 radical (unpaired) electrons. The first-order valence-electron chi connectivity index (χ1n) is 9.29. The third-order valence-electron chi connectivity index (χ3n) is 6.82. The van der Waals surface area contributed by atoms with Crippen molar-refractivity contribution in [3.63, 3.8) is 0 Å². The van der Waals surface area contributed by atoms with E-state index in [9.17, 15) is 4.79 Å². The minimum absolute atomic E-state index is 0.0895. The summed E-state index contributed by atoms with van der Waals surface area (Å²) in [6.07, 6.45) is 5.24. The Morgan fingerprint density at radius 2 is 1.81 bits per heavy atom. The SMILES string of the molecule is COc1ccc(/C=N/NC(=O)C23[C@H]4CCC[C@@H]2C43c2ccccc2)cc1. The molecule has 0 heterocycles. The lowest BCUT2D eigenvalue weighted by molar-refractivity contribution is -0.126. The average molecular weight is 346 g/mol. The van der Waals surface area contributed by atoms with E-state index in [1.165, 1.54) is 12.0 Å². The van der Waals surface area contributed by atoms with Crippen molar-refractivity contribution in [3.8, 4) is 5.75 Å². The highest BCUT2D eigenvalue weighted by Gasteiger charge is 3.01. The van der Waals surface area contributed by atoms with Gasteiger partial charge in [0.15, 0.2) is 0 Å². The Balaban J connectivity index is 1.32. The number of methoxy groups -OCH3 is 1. The van der Waals surface area contributed by atoms with E-state index in [-0.39, 0.29) is 16.7 Å². The monoisotopic (exact) mass is 346 g/mol. The Morgan fingerprint density at radius 1 is 1.12 bits per heavy atom. The molecule has 26 heavy (non-hydrogen) atoms. The first kappa shape index (κ1) is 15.6. The van der Waals surface area contributed by atoms with E-state index < -0.39 is 0 Å². The van der Waals surface area contributed by atoms with E-state index in [2.05, 4.69) is 34.8 Å². The summed E-state index contributed by atoms with van der Waals surface area (Å²) in [5, 5.41) is 4.22. The topological polar surface area (TPSA) is 50.7 Å². The Bertz CT molecular complexity index is 861. The fourth-order valence-electron chi connectivity index (χ4n) is 5.84.